The second kappa shape index (κ2) is 4.94. The Kier molecular flexibility index (Phi) is 3.15. The third-order valence-electron chi connectivity index (χ3n) is 3.47. The number of nitrogens with zero attached hydrogens (tertiary/aromatic N) is 1. The molecule has 2 aromatic rings. The Morgan fingerprint density at radius 1 is 1.39 bits per heavy atom. The summed E-state index contributed by atoms with van der Waals surface area (Å²) in [4.78, 5) is 4.33. The molecular formula is C15H18N2O. The summed E-state index contributed by atoms with van der Waals surface area (Å²) in [5, 5.41) is 3.30. The number of nitrogens with one attached hydrogen (secondary N) is 1. The average Bonchev–Trinajstić information content (AvgIpc) is 2.80. The molecule has 1 N–H and O–H groups in total. The van der Waals surface area contributed by atoms with Crippen molar-refractivity contribution in [2.45, 2.75) is 32.2 Å². The van der Waals surface area contributed by atoms with Gasteiger partial charge in [0.05, 0.1) is 12.7 Å². The minimum Gasteiger partial charge on any atom is -0.444 e. The van der Waals surface area contributed by atoms with Gasteiger partial charge in [0.15, 0.2) is 0 Å². The third kappa shape index (κ3) is 2.06. The zero-order valence-corrected chi connectivity index (χ0v) is 10.6. The van der Waals surface area contributed by atoms with Crippen LogP contribution < -0.4 is 5.32 Å². The Morgan fingerprint density at radius 3 is 3.11 bits per heavy atom. The second-order valence-corrected chi connectivity index (χ2v) is 4.79. The van der Waals surface area contributed by atoms with E-state index in [-0.39, 0.29) is 0 Å². The van der Waals surface area contributed by atoms with Crippen LogP contribution in [0, 0.1) is 0 Å². The summed E-state index contributed by atoms with van der Waals surface area (Å²) in [7, 11) is 0. The molecule has 3 heteroatoms. The molecule has 1 heterocycles. The molecule has 1 aliphatic carbocycles. The van der Waals surface area contributed by atoms with Crippen LogP contribution in [0.15, 0.2) is 34.9 Å². The van der Waals surface area contributed by atoms with E-state index < -0.39 is 0 Å². The van der Waals surface area contributed by atoms with Crippen molar-refractivity contribution in [2.75, 3.05) is 6.54 Å². The van der Waals surface area contributed by atoms with Gasteiger partial charge in [0, 0.05) is 5.92 Å². The summed E-state index contributed by atoms with van der Waals surface area (Å²) in [6.45, 7) is 3.88. The van der Waals surface area contributed by atoms with Crippen LogP contribution in [0.1, 0.15) is 42.0 Å². The molecule has 94 valence electrons. The number of oxazole rings is 1. The minimum absolute atomic E-state index is 0.411. The maximum Gasteiger partial charge on any atom is 0.208 e. The smallest absolute Gasteiger partial charge is 0.208 e. The number of aromatic nitrogens is 1. The zero-order valence-electron chi connectivity index (χ0n) is 10.6. The van der Waals surface area contributed by atoms with Crippen molar-refractivity contribution in [1.29, 1.82) is 0 Å². The number of rotatable bonds is 5. The van der Waals surface area contributed by atoms with E-state index in [1.807, 2.05) is 6.20 Å². The first-order valence-electron chi connectivity index (χ1n) is 6.61. The molecular weight excluding hydrogens is 224 g/mol. The van der Waals surface area contributed by atoms with Gasteiger partial charge in [0.25, 0.3) is 0 Å². The van der Waals surface area contributed by atoms with E-state index in [1.54, 1.807) is 0 Å². The fourth-order valence-electron chi connectivity index (χ4n) is 2.45. The summed E-state index contributed by atoms with van der Waals surface area (Å²) >= 11 is 0. The maximum atomic E-state index is 5.82. The highest BCUT2D eigenvalue weighted by Gasteiger charge is 2.29. The number of benzene rings is 1. The summed E-state index contributed by atoms with van der Waals surface area (Å²) in [5.41, 5.74) is 2.83. The van der Waals surface area contributed by atoms with Crippen molar-refractivity contribution in [3.8, 4) is 0 Å². The van der Waals surface area contributed by atoms with E-state index in [2.05, 4.69) is 41.5 Å². The van der Waals surface area contributed by atoms with Gasteiger partial charge in [0.1, 0.15) is 5.76 Å². The van der Waals surface area contributed by atoms with Crippen molar-refractivity contribution >= 4 is 0 Å². The van der Waals surface area contributed by atoms with Gasteiger partial charge in [-0.05, 0) is 30.5 Å². The SMILES string of the molecule is CCCNCc1ncc(C2Cc3ccccc32)o1. The summed E-state index contributed by atoms with van der Waals surface area (Å²) in [6.07, 6.45) is 4.08. The van der Waals surface area contributed by atoms with E-state index in [0.29, 0.717) is 5.92 Å². The van der Waals surface area contributed by atoms with E-state index in [0.717, 1.165) is 37.6 Å². The topological polar surface area (TPSA) is 38.1 Å². The van der Waals surface area contributed by atoms with Gasteiger partial charge in [-0.15, -0.1) is 0 Å². The van der Waals surface area contributed by atoms with Gasteiger partial charge in [-0.2, -0.15) is 0 Å². The molecule has 0 amide bonds. The molecule has 0 aliphatic heterocycles. The molecule has 3 nitrogen and oxygen atoms in total. The molecule has 0 spiro atoms. The van der Waals surface area contributed by atoms with E-state index in [4.69, 9.17) is 4.42 Å². The largest absolute Gasteiger partial charge is 0.444 e. The number of hydrogen-bond acceptors (Lipinski definition) is 3. The first kappa shape index (κ1) is 11.5. The van der Waals surface area contributed by atoms with Crippen LogP contribution in [-0.4, -0.2) is 11.5 Å². The van der Waals surface area contributed by atoms with Gasteiger partial charge < -0.3 is 9.73 Å². The van der Waals surface area contributed by atoms with E-state index in [9.17, 15) is 0 Å². The van der Waals surface area contributed by atoms with Gasteiger partial charge in [-0.25, -0.2) is 4.98 Å². The Hall–Kier alpha value is -1.61. The van der Waals surface area contributed by atoms with Gasteiger partial charge >= 0.3 is 0 Å². The molecule has 1 aromatic carbocycles. The molecule has 3 rings (SSSR count). The molecule has 0 saturated carbocycles. The molecule has 18 heavy (non-hydrogen) atoms. The number of hydrogen-bond donors (Lipinski definition) is 1. The van der Waals surface area contributed by atoms with Gasteiger partial charge in [-0.3, -0.25) is 0 Å². The van der Waals surface area contributed by atoms with Crippen LogP contribution in [0.5, 0.6) is 0 Å². The first-order chi connectivity index (χ1) is 8.88. The average molecular weight is 242 g/mol. The van der Waals surface area contributed by atoms with Gasteiger partial charge in [-0.1, -0.05) is 31.2 Å². The van der Waals surface area contributed by atoms with Crippen molar-refractivity contribution in [3.05, 3.63) is 53.2 Å². The minimum atomic E-state index is 0.411. The lowest BCUT2D eigenvalue weighted by Crippen LogP contribution is -2.17. The lowest BCUT2D eigenvalue weighted by molar-refractivity contribution is 0.412. The van der Waals surface area contributed by atoms with Crippen LogP contribution in [0.2, 0.25) is 0 Å². The summed E-state index contributed by atoms with van der Waals surface area (Å²) in [5.74, 6) is 2.21. The van der Waals surface area contributed by atoms with Crippen molar-refractivity contribution in [3.63, 3.8) is 0 Å². The predicted octanol–water partition coefficient (Wildman–Crippen LogP) is 2.86. The first-order valence-corrected chi connectivity index (χ1v) is 6.61. The quantitative estimate of drug-likeness (QED) is 0.819. The molecule has 1 atom stereocenters. The van der Waals surface area contributed by atoms with Crippen molar-refractivity contribution in [1.82, 2.24) is 10.3 Å². The van der Waals surface area contributed by atoms with Crippen LogP contribution in [0.3, 0.4) is 0 Å². The third-order valence-corrected chi connectivity index (χ3v) is 3.47. The molecule has 0 radical (unpaired) electrons. The summed E-state index contributed by atoms with van der Waals surface area (Å²) in [6, 6.07) is 8.55. The normalized spacial score (nSPS) is 17.3. The maximum absolute atomic E-state index is 5.82. The molecule has 0 saturated heterocycles. The van der Waals surface area contributed by atoms with Crippen LogP contribution >= 0.6 is 0 Å². The molecule has 1 aromatic heterocycles. The molecule has 1 unspecified atom stereocenters. The monoisotopic (exact) mass is 242 g/mol. The van der Waals surface area contributed by atoms with Crippen molar-refractivity contribution < 1.29 is 4.42 Å². The van der Waals surface area contributed by atoms with Gasteiger partial charge in [0.2, 0.25) is 5.89 Å². The summed E-state index contributed by atoms with van der Waals surface area (Å²) < 4.78 is 5.82. The van der Waals surface area contributed by atoms with Crippen molar-refractivity contribution in [2.24, 2.45) is 0 Å². The Labute approximate surface area is 107 Å². The van der Waals surface area contributed by atoms with E-state index >= 15 is 0 Å². The zero-order chi connectivity index (χ0) is 12.4. The molecule has 0 fully saturated rings. The Morgan fingerprint density at radius 2 is 2.28 bits per heavy atom. The Balaban J connectivity index is 1.68. The van der Waals surface area contributed by atoms with Crippen LogP contribution in [-0.2, 0) is 13.0 Å². The molecule has 1 aliphatic rings. The standard InChI is InChI=1S/C15H18N2O/c1-2-7-16-10-15-17-9-14(18-15)13-8-11-5-3-4-6-12(11)13/h3-6,9,13,16H,2,7-8,10H2,1H3. The highest BCUT2D eigenvalue weighted by Crippen LogP contribution is 2.39. The fraction of sp³-hybridized carbons (Fsp3) is 0.400. The lowest BCUT2D eigenvalue weighted by atomic mass is 9.76. The Bertz CT molecular complexity index is 533. The highest BCUT2D eigenvalue weighted by molar-refractivity contribution is 5.44. The van der Waals surface area contributed by atoms with E-state index in [1.165, 1.54) is 11.1 Å². The predicted molar refractivity (Wildman–Crippen MR) is 70.5 cm³/mol. The second-order valence-electron chi connectivity index (χ2n) is 4.79. The van der Waals surface area contributed by atoms with Crippen LogP contribution in [0.25, 0.3) is 0 Å². The lowest BCUT2D eigenvalue weighted by Gasteiger charge is -2.27. The highest BCUT2D eigenvalue weighted by atomic mass is 16.4. The van der Waals surface area contributed by atoms with Crippen LogP contribution in [0.4, 0.5) is 0 Å². The number of fused-ring (bicyclic) bond motifs is 1. The fourth-order valence-corrected chi connectivity index (χ4v) is 2.45. The molecule has 0 bridgehead atoms.